The van der Waals surface area contributed by atoms with Crippen molar-refractivity contribution >= 4 is 16.5 Å². The van der Waals surface area contributed by atoms with E-state index < -0.39 is 0 Å². The Balaban J connectivity index is 1.60. The molecule has 0 unspecified atom stereocenters. The first kappa shape index (κ1) is 13.1. The van der Waals surface area contributed by atoms with E-state index in [0.717, 1.165) is 29.6 Å². The zero-order valence-electron chi connectivity index (χ0n) is 12.4. The van der Waals surface area contributed by atoms with E-state index >= 15 is 0 Å². The van der Waals surface area contributed by atoms with Crippen molar-refractivity contribution in [2.45, 2.75) is 12.8 Å². The standard InChI is InChI=1S/C19H18N2O/c1-2-7-16-14-20-19(12-15(16)6-1)22-18-9-5-8-17(13-18)21-10-3-4-11-21/h1-2,5-9,12-14H,3-4,10-11H2. The van der Waals surface area contributed by atoms with Gasteiger partial charge in [0.25, 0.3) is 0 Å². The Bertz CT molecular complexity index is 794. The van der Waals surface area contributed by atoms with E-state index in [-0.39, 0.29) is 0 Å². The molecule has 3 heteroatoms. The quantitative estimate of drug-likeness (QED) is 0.703. The van der Waals surface area contributed by atoms with Crippen molar-refractivity contribution in [3.8, 4) is 11.6 Å². The minimum absolute atomic E-state index is 0.636. The third kappa shape index (κ3) is 2.62. The van der Waals surface area contributed by atoms with Gasteiger partial charge in [0.05, 0.1) is 0 Å². The lowest BCUT2D eigenvalue weighted by Gasteiger charge is -2.18. The largest absolute Gasteiger partial charge is 0.439 e. The zero-order valence-corrected chi connectivity index (χ0v) is 12.4. The molecule has 22 heavy (non-hydrogen) atoms. The zero-order chi connectivity index (χ0) is 14.8. The number of pyridine rings is 1. The smallest absolute Gasteiger partial charge is 0.219 e. The average molecular weight is 290 g/mol. The fourth-order valence-corrected chi connectivity index (χ4v) is 2.96. The van der Waals surface area contributed by atoms with Crippen LogP contribution in [0.3, 0.4) is 0 Å². The van der Waals surface area contributed by atoms with E-state index in [9.17, 15) is 0 Å². The second-order valence-electron chi connectivity index (χ2n) is 5.66. The van der Waals surface area contributed by atoms with Crippen LogP contribution in [0, 0.1) is 0 Å². The molecule has 0 N–H and O–H groups in total. The summed E-state index contributed by atoms with van der Waals surface area (Å²) < 4.78 is 5.95. The first-order chi connectivity index (χ1) is 10.9. The molecule has 0 radical (unpaired) electrons. The maximum Gasteiger partial charge on any atom is 0.219 e. The lowest BCUT2D eigenvalue weighted by Crippen LogP contribution is -2.17. The van der Waals surface area contributed by atoms with Crippen LogP contribution in [-0.4, -0.2) is 18.1 Å². The maximum atomic E-state index is 5.95. The van der Waals surface area contributed by atoms with Gasteiger partial charge in [0.15, 0.2) is 0 Å². The fourth-order valence-electron chi connectivity index (χ4n) is 2.96. The third-order valence-electron chi connectivity index (χ3n) is 4.12. The number of aromatic nitrogens is 1. The summed E-state index contributed by atoms with van der Waals surface area (Å²) in [7, 11) is 0. The molecule has 1 saturated heterocycles. The van der Waals surface area contributed by atoms with E-state index in [2.05, 4.69) is 34.1 Å². The van der Waals surface area contributed by atoms with Crippen molar-refractivity contribution in [2.75, 3.05) is 18.0 Å². The molecular weight excluding hydrogens is 272 g/mol. The average Bonchev–Trinajstić information content (AvgIpc) is 3.10. The van der Waals surface area contributed by atoms with Crippen LogP contribution in [0.5, 0.6) is 11.6 Å². The van der Waals surface area contributed by atoms with Crippen LogP contribution >= 0.6 is 0 Å². The molecule has 1 aliphatic rings. The van der Waals surface area contributed by atoms with Gasteiger partial charge in [-0.05, 0) is 30.4 Å². The number of fused-ring (bicyclic) bond motifs is 1. The first-order valence-electron chi connectivity index (χ1n) is 7.76. The number of nitrogens with zero attached hydrogens (tertiary/aromatic N) is 2. The summed E-state index contributed by atoms with van der Waals surface area (Å²) in [6.07, 6.45) is 4.41. The second kappa shape index (κ2) is 5.68. The highest BCUT2D eigenvalue weighted by Gasteiger charge is 2.12. The van der Waals surface area contributed by atoms with E-state index in [1.807, 2.05) is 36.5 Å². The number of anilines is 1. The highest BCUT2D eigenvalue weighted by atomic mass is 16.5. The van der Waals surface area contributed by atoms with Gasteiger partial charge in [-0.25, -0.2) is 4.98 Å². The summed E-state index contributed by atoms with van der Waals surface area (Å²) in [5.41, 5.74) is 1.23. The number of ether oxygens (including phenoxy) is 1. The lowest BCUT2D eigenvalue weighted by atomic mass is 10.2. The molecule has 2 aromatic carbocycles. The van der Waals surface area contributed by atoms with E-state index in [4.69, 9.17) is 4.74 Å². The summed E-state index contributed by atoms with van der Waals surface area (Å²) in [4.78, 5) is 6.80. The molecule has 0 amide bonds. The Kier molecular flexibility index (Phi) is 3.39. The molecule has 0 atom stereocenters. The third-order valence-corrected chi connectivity index (χ3v) is 4.12. The van der Waals surface area contributed by atoms with Crippen LogP contribution in [0.2, 0.25) is 0 Å². The summed E-state index contributed by atoms with van der Waals surface area (Å²) in [6.45, 7) is 2.27. The van der Waals surface area contributed by atoms with Gasteiger partial charge in [-0.15, -0.1) is 0 Å². The molecule has 0 aliphatic carbocycles. The Morgan fingerprint density at radius 3 is 2.55 bits per heavy atom. The normalized spacial score (nSPS) is 14.5. The Hall–Kier alpha value is -2.55. The minimum atomic E-state index is 0.636. The van der Waals surface area contributed by atoms with Gasteiger partial charge in [-0.1, -0.05) is 30.3 Å². The van der Waals surface area contributed by atoms with Gasteiger partial charge in [-0.2, -0.15) is 0 Å². The van der Waals surface area contributed by atoms with Crippen molar-refractivity contribution in [3.05, 3.63) is 60.8 Å². The van der Waals surface area contributed by atoms with Crippen molar-refractivity contribution < 1.29 is 4.74 Å². The van der Waals surface area contributed by atoms with Crippen LogP contribution in [0.1, 0.15) is 12.8 Å². The SMILES string of the molecule is c1cc(Oc2cc3ccccc3cn2)cc(N2CCCC2)c1. The molecule has 0 saturated carbocycles. The van der Waals surface area contributed by atoms with Crippen LogP contribution in [0.15, 0.2) is 60.8 Å². The summed E-state index contributed by atoms with van der Waals surface area (Å²) in [5.74, 6) is 1.48. The van der Waals surface area contributed by atoms with Crippen LogP contribution < -0.4 is 9.64 Å². The number of benzene rings is 2. The van der Waals surface area contributed by atoms with Crippen molar-refractivity contribution in [3.63, 3.8) is 0 Å². The van der Waals surface area contributed by atoms with E-state index in [1.54, 1.807) is 0 Å². The Morgan fingerprint density at radius 1 is 0.864 bits per heavy atom. The molecule has 0 spiro atoms. The monoisotopic (exact) mass is 290 g/mol. The summed E-state index contributed by atoms with van der Waals surface area (Å²) in [5, 5.41) is 2.27. The fraction of sp³-hybridized carbons (Fsp3) is 0.211. The Labute approximate surface area is 130 Å². The highest BCUT2D eigenvalue weighted by Crippen LogP contribution is 2.28. The minimum Gasteiger partial charge on any atom is -0.439 e. The Morgan fingerprint density at radius 2 is 1.68 bits per heavy atom. The van der Waals surface area contributed by atoms with E-state index in [1.165, 1.54) is 18.5 Å². The molecule has 1 aromatic heterocycles. The van der Waals surface area contributed by atoms with Crippen LogP contribution in [-0.2, 0) is 0 Å². The molecule has 3 nitrogen and oxygen atoms in total. The van der Waals surface area contributed by atoms with E-state index in [0.29, 0.717) is 5.88 Å². The van der Waals surface area contributed by atoms with Gasteiger partial charge in [0.1, 0.15) is 5.75 Å². The molecule has 110 valence electrons. The van der Waals surface area contributed by atoms with Crippen LogP contribution in [0.25, 0.3) is 10.8 Å². The number of rotatable bonds is 3. The topological polar surface area (TPSA) is 25.4 Å². The van der Waals surface area contributed by atoms with Gasteiger partial charge < -0.3 is 9.64 Å². The highest BCUT2D eigenvalue weighted by molar-refractivity contribution is 5.82. The molecular formula is C19H18N2O. The summed E-state index contributed by atoms with van der Waals surface area (Å²) >= 11 is 0. The van der Waals surface area contributed by atoms with Gasteiger partial charge in [0, 0.05) is 42.5 Å². The predicted octanol–water partition coefficient (Wildman–Crippen LogP) is 4.63. The van der Waals surface area contributed by atoms with Crippen LogP contribution in [0.4, 0.5) is 5.69 Å². The maximum absolute atomic E-state index is 5.95. The predicted molar refractivity (Wildman–Crippen MR) is 89.7 cm³/mol. The van der Waals surface area contributed by atoms with Gasteiger partial charge in [-0.3, -0.25) is 0 Å². The van der Waals surface area contributed by atoms with Crippen molar-refractivity contribution in [1.29, 1.82) is 0 Å². The molecule has 1 fully saturated rings. The molecule has 1 aliphatic heterocycles. The second-order valence-corrected chi connectivity index (χ2v) is 5.66. The molecule has 3 aromatic rings. The van der Waals surface area contributed by atoms with Gasteiger partial charge >= 0.3 is 0 Å². The van der Waals surface area contributed by atoms with Gasteiger partial charge in [0.2, 0.25) is 5.88 Å². The lowest BCUT2D eigenvalue weighted by molar-refractivity contribution is 0.464. The first-order valence-corrected chi connectivity index (χ1v) is 7.76. The molecule has 2 heterocycles. The number of hydrogen-bond acceptors (Lipinski definition) is 3. The number of hydrogen-bond donors (Lipinski definition) is 0. The summed E-state index contributed by atoms with van der Waals surface area (Å²) in [6, 6.07) is 18.4. The van der Waals surface area contributed by atoms with Crippen molar-refractivity contribution in [2.24, 2.45) is 0 Å². The molecule has 4 rings (SSSR count). The molecule has 0 bridgehead atoms. The van der Waals surface area contributed by atoms with Crippen molar-refractivity contribution in [1.82, 2.24) is 4.98 Å².